The van der Waals surface area contributed by atoms with Crippen LogP contribution in [0.4, 0.5) is 4.79 Å². The number of benzene rings is 2. The molecule has 0 aliphatic carbocycles. The highest BCUT2D eigenvalue weighted by atomic mass is 35.5. The molecule has 1 N–H and O–H groups in total. The fourth-order valence-corrected chi connectivity index (χ4v) is 4.93. The fraction of sp³-hybridized carbons (Fsp3) is 0.273. The highest BCUT2D eigenvalue weighted by molar-refractivity contribution is 7.99. The normalized spacial score (nSPS) is 13.8. The Kier molecular flexibility index (Phi) is 7.03. The van der Waals surface area contributed by atoms with E-state index in [-0.39, 0.29) is 24.0 Å². The summed E-state index contributed by atoms with van der Waals surface area (Å²) in [5, 5.41) is 4.77. The second kappa shape index (κ2) is 9.94. The molecule has 166 valence electrons. The Bertz CT molecular complexity index is 1230. The Balaban J connectivity index is 1.52. The second-order valence-corrected chi connectivity index (χ2v) is 9.17. The second-order valence-electron chi connectivity index (χ2n) is 7.26. The Hall–Kier alpha value is -2.55. The first-order valence-electron chi connectivity index (χ1n) is 10.1. The number of aryl methyl sites for hydroxylation is 1. The number of para-hydroxylation sites is 1. The summed E-state index contributed by atoms with van der Waals surface area (Å²) in [7, 11) is 0. The monoisotopic (exact) mass is 490 g/mol. The minimum atomic E-state index is -0.361. The van der Waals surface area contributed by atoms with Crippen LogP contribution in [0, 0.1) is 0 Å². The number of imide groups is 1. The van der Waals surface area contributed by atoms with Crippen LogP contribution in [0.15, 0.2) is 52.4 Å². The number of hydrogen-bond acceptors (Lipinski definition) is 5. The molecule has 1 saturated heterocycles. The molecule has 0 radical (unpaired) electrons. The van der Waals surface area contributed by atoms with E-state index in [9.17, 15) is 14.4 Å². The largest absolute Gasteiger partial charge is 0.329 e. The van der Waals surface area contributed by atoms with Crippen molar-refractivity contribution in [2.75, 3.05) is 18.8 Å². The molecule has 2 aromatic carbocycles. The minimum Gasteiger partial charge on any atom is -0.329 e. The van der Waals surface area contributed by atoms with Crippen molar-refractivity contribution in [3.05, 3.63) is 68.4 Å². The van der Waals surface area contributed by atoms with Gasteiger partial charge in [0.2, 0.25) is 5.91 Å². The van der Waals surface area contributed by atoms with E-state index in [0.29, 0.717) is 57.8 Å². The van der Waals surface area contributed by atoms with Crippen molar-refractivity contribution < 1.29 is 9.59 Å². The van der Waals surface area contributed by atoms with Crippen LogP contribution in [0.2, 0.25) is 10.0 Å². The van der Waals surface area contributed by atoms with E-state index < -0.39 is 0 Å². The molecule has 4 rings (SSSR count). The third kappa shape index (κ3) is 4.92. The number of urea groups is 1. The average Bonchev–Trinajstić information content (AvgIpc) is 3.09. The number of aromatic nitrogens is 2. The van der Waals surface area contributed by atoms with Crippen LogP contribution >= 0.6 is 35.0 Å². The number of carbonyl (C=O) groups is 2. The van der Waals surface area contributed by atoms with Gasteiger partial charge >= 0.3 is 6.03 Å². The van der Waals surface area contributed by atoms with E-state index in [1.54, 1.807) is 22.8 Å². The maximum atomic E-state index is 13.2. The third-order valence-corrected chi connectivity index (χ3v) is 6.79. The molecule has 0 saturated carbocycles. The zero-order valence-electron chi connectivity index (χ0n) is 17.0. The number of hydrogen-bond donors (Lipinski definition) is 1. The number of thioether (sulfide) groups is 1. The average molecular weight is 491 g/mol. The molecular weight excluding hydrogens is 471 g/mol. The summed E-state index contributed by atoms with van der Waals surface area (Å²) in [6.45, 7) is 0.786. The minimum absolute atomic E-state index is 0.0466. The molecular formula is C22H20Cl2N4O3S. The van der Waals surface area contributed by atoms with Gasteiger partial charge in [0.1, 0.15) is 0 Å². The van der Waals surface area contributed by atoms with E-state index in [2.05, 4.69) is 5.32 Å². The lowest BCUT2D eigenvalue weighted by Gasteiger charge is -2.15. The summed E-state index contributed by atoms with van der Waals surface area (Å²) in [5.41, 5.74) is 1.41. The molecule has 0 atom stereocenters. The zero-order chi connectivity index (χ0) is 22.7. The van der Waals surface area contributed by atoms with Gasteiger partial charge in [-0.15, -0.1) is 0 Å². The van der Waals surface area contributed by atoms with Crippen LogP contribution in [0.1, 0.15) is 12.0 Å². The van der Waals surface area contributed by atoms with Crippen LogP contribution in [0.5, 0.6) is 0 Å². The van der Waals surface area contributed by atoms with E-state index >= 15 is 0 Å². The molecule has 2 heterocycles. The predicted octanol–water partition coefficient (Wildman–Crippen LogP) is 3.98. The van der Waals surface area contributed by atoms with E-state index in [1.807, 2.05) is 24.3 Å². The van der Waals surface area contributed by atoms with Crippen molar-refractivity contribution in [2.45, 2.75) is 24.5 Å². The van der Waals surface area contributed by atoms with Gasteiger partial charge in [-0.1, -0.05) is 53.2 Å². The van der Waals surface area contributed by atoms with Crippen LogP contribution in [0.25, 0.3) is 10.9 Å². The van der Waals surface area contributed by atoms with Crippen molar-refractivity contribution in [3.63, 3.8) is 0 Å². The summed E-state index contributed by atoms with van der Waals surface area (Å²) in [5.74, 6) is 0.379. The summed E-state index contributed by atoms with van der Waals surface area (Å²) in [6, 6.07) is 12.2. The molecule has 0 spiro atoms. The Morgan fingerprint density at radius 3 is 2.62 bits per heavy atom. The zero-order valence-corrected chi connectivity index (χ0v) is 19.3. The van der Waals surface area contributed by atoms with Gasteiger partial charge in [0.25, 0.3) is 5.56 Å². The molecule has 1 aromatic heterocycles. The van der Waals surface area contributed by atoms with Crippen molar-refractivity contribution in [1.29, 1.82) is 0 Å². The highest BCUT2D eigenvalue weighted by Crippen LogP contribution is 2.23. The molecule has 7 nitrogen and oxygen atoms in total. The van der Waals surface area contributed by atoms with Crippen LogP contribution < -0.4 is 10.9 Å². The van der Waals surface area contributed by atoms with Crippen LogP contribution in [-0.2, 0) is 17.8 Å². The lowest BCUT2D eigenvalue weighted by atomic mass is 10.1. The molecule has 3 amide bonds. The quantitative estimate of drug-likeness (QED) is 0.223. The number of fused-ring (bicyclic) bond motifs is 1. The fourth-order valence-electron chi connectivity index (χ4n) is 3.48. The molecule has 0 unspecified atom stereocenters. The van der Waals surface area contributed by atoms with Gasteiger partial charge < -0.3 is 5.32 Å². The van der Waals surface area contributed by atoms with Crippen molar-refractivity contribution >= 4 is 57.8 Å². The Morgan fingerprint density at radius 2 is 1.88 bits per heavy atom. The van der Waals surface area contributed by atoms with Crippen molar-refractivity contribution in [2.24, 2.45) is 0 Å². The summed E-state index contributed by atoms with van der Waals surface area (Å²) in [6.07, 6.45) is 1.14. The molecule has 3 aromatic rings. The Labute approximate surface area is 198 Å². The standard InChI is InChI=1S/C22H20Cl2N4O3S/c23-15-7-6-14(17(24)12-15)8-10-28-20(30)16-4-1-2-5-18(16)26-22(28)32-11-3-9-27-19(29)13-25-21(27)31/h1-2,4-7,12H,3,8-11,13H2,(H,25,31). The van der Waals surface area contributed by atoms with Gasteiger partial charge in [-0.2, -0.15) is 0 Å². The number of rotatable bonds is 8. The van der Waals surface area contributed by atoms with E-state index in [4.69, 9.17) is 28.2 Å². The topological polar surface area (TPSA) is 84.3 Å². The van der Waals surface area contributed by atoms with Crippen LogP contribution in [-0.4, -0.2) is 45.2 Å². The predicted molar refractivity (Wildman–Crippen MR) is 127 cm³/mol. The van der Waals surface area contributed by atoms with Gasteiger partial charge in [0.15, 0.2) is 5.16 Å². The van der Waals surface area contributed by atoms with Crippen molar-refractivity contribution in [1.82, 2.24) is 19.8 Å². The lowest BCUT2D eigenvalue weighted by Crippen LogP contribution is -2.32. The van der Waals surface area contributed by atoms with Gasteiger partial charge in [-0.05, 0) is 42.7 Å². The SMILES string of the molecule is O=C1CNC(=O)N1CCCSc1nc2ccccc2c(=O)n1CCc1ccc(Cl)cc1Cl. The molecule has 1 fully saturated rings. The van der Waals surface area contributed by atoms with Crippen molar-refractivity contribution in [3.8, 4) is 0 Å². The molecule has 0 bridgehead atoms. The molecule has 10 heteroatoms. The van der Waals surface area contributed by atoms with Gasteiger partial charge in [-0.25, -0.2) is 9.78 Å². The van der Waals surface area contributed by atoms with Gasteiger partial charge in [-0.3, -0.25) is 19.1 Å². The van der Waals surface area contributed by atoms with Crippen LogP contribution in [0.3, 0.4) is 0 Å². The summed E-state index contributed by atoms with van der Waals surface area (Å²) in [4.78, 5) is 42.5. The number of halogens is 2. The summed E-state index contributed by atoms with van der Waals surface area (Å²) < 4.78 is 1.66. The van der Waals surface area contributed by atoms with Gasteiger partial charge in [0, 0.05) is 28.9 Å². The number of nitrogens with one attached hydrogen (secondary N) is 1. The smallest absolute Gasteiger partial charge is 0.324 e. The first kappa shape index (κ1) is 22.6. The first-order valence-corrected chi connectivity index (χ1v) is 11.8. The summed E-state index contributed by atoms with van der Waals surface area (Å²) >= 11 is 13.7. The van der Waals surface area contributed by atoms with E-state index in [0.717, 1.165) is 5.56 Å². The lowest BCUT2D eigenvalue weighted by molar-refractivity contribution is -0.124. The maximum Gasteiger partial charge on any atom is 0.324 e. The molecule has 1 aliphatic rings. The first-order chi connectivity index (χ1) is 15.4. The van der Waals surface area contributed by atoms with Gasteiger partial charge in [0.05, 0.1) is 17.4 Å². The number of amides is 3. The maximum absolute atomic E-state index is 13.2. The number of carbonyl (C=O) groups excluding carboxylic acids is 2. The molecule has 1 aliphatic heterocycles. The van der Waals surface area contributed by atoms with E-state index in [1.165, 1.54) is 16.7 Å². The Morgan fingerprint density at radius 1 is 1.06 bits per heavy atom. The number of nitrogens with zero attached hydrogens (tertiary/aromatic N) is 3. The third-order valence-electron chi connectivity index (χ3n) is 5.14. The molecule has 32 heavy (non-hydrogen) atoms. The highest BCUT2D eigenvalue weighted by Gasteiger charge is 2.27.